The van der Waals surface area contributed by atoms with Crippen molar-refractivity contribution >= 4 is 13.0 Å². The molecule has 0 N–H and O–H groups in total. The predicted molar refractivity (Wildman–Crippen MR) is 89.3 cm³/mol. The average molecular weight is 254 g/mol. The Morgan fingerprint density at radius 3 is 2.37 bits per heavy atom. The summed E-state index contributed by atoms with van der Waals surface area (Å²) in [5, 5.41) is 0. The third-order valence-electron chi connectivity index (χ3n) is 3.43. The van der Waals surface area contributed by atoms with Crippen molar-refractivity contribution < 1.29 is 0 Å². The van der Waals surface area contributed by atoms with Crippen LogP contribution in [0.15, 0.2) is 42.5 Å². The minimum atomic E-state index is 0.617. The number of hydrogen-bond donors (Lipinski definition) is 0. The molecule has 0 nitrogen and oxygen atoms in total. The molecule has 19 heavy (non-hydrogen) atoms. The fourth-order valence-electron chi connectivity index (χ4n) is 2.26. The van der Waals surface area contributed by atoms with E-state index in [1.165, 1.54) is 23.9 Å². The first-order valence-electron chi connectivity index (χ1n) is 7.44. The average Bonchev–Trinajstić information content (AvgIpc) is 2.37. The Hall–Kier alpha value is -1.11. The van der Waals surface area contributed by atoms with Crippen molar-refractivity contribution in [2.75, 3.05) is 0 Å². The van der Waals surface area contributed by atoms with E-state index in [-0.39, 0.29) is 0 Å². The molecule has 0 aliphatic rings. The molecule has 102 valence electrons. The summed E-state index contributed by atoms with van der Waals surface area (Å²) in [5.41, 5.74) is 2.73. The van der Waals surface area contributed by atoms with E-state index < -0.39 is 0 Å². The van der Waals surface area contributed by atoms with Crippen LogP contribution in [0.1, 0.15) is 45.6 Å². The van der Waals surface area contributed by atoms with Gasteiger partial charge in [0.25, 0.3) is 0 Å². The zero-order valence-corrected chi connectivity index (χ0v) is 12.7. The normalized spacial score (nSPS) is 14.4. The van der Waals surface area contributed by atoms with Gasteiger partial charge in [0.15, 0.2) is 0 Å². The van der Waals surface area contributed by atoms with Crippen molar-refractivity contribution in [2.45, 2.75) is 46.5 Å². The second-order valence-corrected chi connectivity index (χ2v) is 5.88. The Morgan fingerprint density at radius 1 is 1.11 bits per heavy atom. The number of allylic oxidation sites excluding steroid dienone is 2. The van der Waals surface area contributed by atoms with Gasteiger partial charge in [-0.15, -0.1) is 0 Å². The van der Waals surface area contributed by atoms with E-state index in [1.54, 1.807) is 0 Å². The van der Waals surface area contributed by atoms with Gasteiger partial charge in [-0.2, -0.15) is 0 Å². The Morgan fingerprint density at radius 2 is 1.74 bits per heavy atom. The first-order chi connectivity index (χ1) is 9.08. The molecule has 0 saturated heterocycles. The van der Waals surface area contributed by atoms with Crippen LogP contribution in [0.25, 0.3) is 0 Å². The molecule has 1 heteroatoms. The molecular formula is C18H27B. The van der Waals surface area contributed by atoms with Gasteiger partial charge in [-0.3, -0.25) is 0 Å². The van der Waals surface area contributed by atoms with Crippen LogP contribution in [0.2, 0.25) is 0 Å². The van der Waals surface area contributed by atoms with Gasteiger partial charge in [-0.1, -0.05) is 6.07 Å². The minimum absolute atomic E-state index is 0.617. The molecule has 0 spiro atoms. The summed E-state index contributed by atoms with van der Waals surface area (Å²) < 4.78 is 0. The van der Waals surface area contributed by atoms with E-state index in [9.17, 15) is 0 Å². The Bertz CT molecular complexity index is 391. The number of benzene rings is 1. The van der Waals surface area contributed by atoms with Crippen LogP contribution in [-0.2, 0) is 6.42 Å². The van der Waals surface area contributed by atoms with Crippen molar-refractivity contribution in [3.05, 3.63) is 48.0 Å². The van der Waals surface area contributed by atoms with Crippen LogP contribution in [0.5, 0.6) is 0 Å². The Kier molecular flexibility index (Phi) is 7.48. The van der Waals surface area contributed by atoms with Crippen molar-refractivity contribution in [1.29, 1.82) is 0 Å². The van der Waals surface area contributed by atoms with Crippen molar-refractivity contribution in [3.8, 4) is 0 Å². The zero-order valence-electron chi connectivity index (χ0n) is 12.7. The van der Waals surface area contributed by atoms with Gasteiger partial charge in [0.1, 0.15) is 0 Å². The van der Waals surface area contributed by atoms with E-state index in [0.717, 1.165) is 12.8 Å². The molecule has 2 atom stereocenters. The van der Waals surface area contributed by atoms with E-state index in [4.69, 9.17) is 0 Å². The van der Waals surface area contributed by atoms with E-state index >= 15 is 0 Å². The molecule has 0 aliphatic carbocycles. The summed E-state index contributed by atoms with van der Waals surface area (Å²) >= 11 is 0. The summed E-state index contributed by atoms with van der Waals surface area (Å²) in [6, 6.07) is 10.7. The molecule has 0 heterocycles. The molecule has 0 saturated carbocycles. The first kappa shape index (κ1) is 16.0. The van der Waals surface area contributed by atoms with Crippen molar-refractivity contribution in [1.82, 2.24) is 0 Å². The molecule has 1 unspecified atom stereocenters. The summed E-state index contributed by atoms with van der Waals surface area (Å²) in [6.07, 6.45) is 9.58. The summed E-state index contributed by atoms with van der Waals surface area (Å²) in [4.78, 5) is 0. The van der Waals surface area contributed by atoms with Crippen LogP contribution >= 0.6 is 0 Å². The molecule has 1 rings (SSSR count). The molecule has 0 radical (unpaired) electrons. The predicted octanol–water partition coefficient (Wildman–Crippen LogP) is 4.32. The fourth-order valence-corrected chi connectivity index (χ4v) is 2.26. The van der Waals surface area contributed by atoms with Gasteiger partial charge in [-0.05, 0) is 0 Å². The molecule has 1 aromatic rings. The van der Waals surface area contributed by atoms with E-state index in [1.807, 2.05) is 0 Å². The Balaban J connectivity index is 2.28. The van der Waals surface area contributed by atoms with Gasteiger partial charge in [0.2, 0.25) is 0 Å². The summed E-state index contributed by atoms with van der Waals surface area (Å²) in [7, 11) is 3.96. The number of hydrogen-bond acceptors (Lipinski definition) is 0. The van der Waals surface area contributed by atoms with Crippen LogP contribution in [-0.4, -0.2) is 13.0 Å². The maximum absolute atomic E-state index is 3.96. The Labute approximate surface area is 120 Å². The third kappa shape index (κ3) is 7.82. The third-order valence-corrected chi connectivity index (χ3v) is 3.43. The van der Waals surface area contributed by atoms with Crippen LogP contribution in [0.3, 0.4) is 0 Å². The maximum atomic E-state index is 3.96. The molecule has 0 aliphatic heterocycles. The SMILES string of the molecule is B=C(C)CCC[C@@H](C)/C=C/C(C)Cc1ccccc1. The van der Waals surface area contributed by atoms with E-state index in [0.29, 0.717) is 11.8 Å². The van der Waals surface area contributed by atoms with Gasteiger partial charge >= 0.3 is 113 Å². The summed E-state index contributed by atoms with van der Waals surface area (Å²) in [5.74, 6) is 1.29. The zero-order chi connectivity index (χ0) is 14.1. The van der Waals surface area contributed by atoms with Crippen LogP contribution < -0.4 is 0 Å². The second-order valence-electron chi connectivity index (χ2n) is 5.88. The van der Waals surface area contributed by atoms with Gasteiger partial charge in [-0.25, -0.2) is 0 Å². The van der Waals surface area contributed by atoms with Crippen molar-refractivity contribution in [3.63, 3.8) is 0 Å². The molecule has 1 aromatic carbocycles. The molecule has 0 amide bonds. The molecule has 0 bridgehead atoms. The van der Waals surface area contributed by atoms with Gasteiger partial charge in [0.05, 0.1) is 0 Å². The molecule has 0 fully saturated rings. The fraction of sp³-hybridized carbons (Fsp3) is 0.500. The second kappa shape index (κ2) is 8.90. The van der Waals surface area contributed by atoms with E-state index in [2.05, 4.69) is 70.7 Å². The number of rotatable bonds is 8. The first-order valence-corrected chi connectivity index (χ1v) is 7.44. The summed E-state index contributed by atoms with van der Waals surface area (Å²) in [6.45, 7) is 6.72. The quantitative estimate of drug-likeness (QED) is 0.478. The van der Waals surface area contributed by atoms with Gasteiger partial charge in [0, 0.05) is 0 Å². The van der Waals surface area contributed by atoms with Crippen molar-refractivity contribution in [2.24, 2.45) is 11.8 Å². The standard InChI is InChI=1S/C18H27B/c1-15(8-7-9-17(3)19)12-13-16(2)14-18-10-5-4-6-11-18/h4-6,10-13,15-16,19H,7-9,14H2,1-3H3/b13-12+/t15-,16?/m1/s1. The topological polar surface area (TPSA) is 0 Å². The van der Waals surface area contributed by atoms with Crippen LogP contribution in [0, 0.1) is 11.8 Å². The van der Waals surface area contributed by atoms with Crippen LogP contribution in [0.4, 0.5) is 0 Å². The van der Waals surface area contributed by atoms with Gasteiger partial charge < -0.3 is 0 Å². The monoisotopic (exact) mass is 254 g/mol. The molecule has 0 aromatic heterocycles. The molecular weight excluding hydrogens is 227 g/mol.